The number of hydrogen-bond acceptors (Lipinski definition) is 3. The van der Waals surface area contributed by atoms with Crippen LogP contribution >= 0.6 is 0 Å². The zero-order valence-corrected chi connectivity index (χ0v) is 21.5. The van der Waals surface area contributed by atoms with E-state index in [0.717, 1.165) is 22.3 Å². The number of carbonyl (C=O) groups is 1. The molecule has 0 heterocycles. The normalized spacial score (nSPS) is 11.3. The molecule has 36 heavy (non-hydrogen) atoms. The molecule has 0 spiro atoms. The minimum Gasteiger partial charge on any atom is -0.508 e. The molecule has 0 aliphatic heterocycles. The van der Waals surface area contributed by atoms with Crippen molar-refractivity contribution in [2.75, 3.05) is 0 Å². The number of hydrogen-bond donors (Lipinski definition) is 2. The van der Waals surface area contributed by atoms with E-state index in [-0.39, 0.29) is 30.1 Å². The average Bonchev–Trinajstić information content (AvgIpc) is 2.86. The molecule has 0 atom stereocenters. The van der Waals surface area contributed by atoms with Gasteiger partial charge in [0.2, 0.25) is 0 Å². The second-order valence-electron chi connectivity index (χ2n) is 10.1. The number of phenolic OH excluding ortho intramolecular Hbond substituents is 2. The third-order valence-electron chi connectivity index (χ3n) is 6.73. The molecule has 3 nitrogen and oxygen atoms in total. The summed E-state index contributed by atoms with van der Waals surface area (Å²) >= 11 is 0. The summed E-state index contributed by atoms with van der Waals surface area (Å²) in [6.07, 6.45) is 0.213. The Labute approximate surface area is 214 Å². The zero-order valence-electron chi connectivity index (χ0n) is 21.5. The van der Waals surface area contributed by atoms with Gasteiger partial charge in [0.05, 0.1) is 0 Å². The average molecular weight is 479 g/mol. The lowest BCUT2D eigenvalue weighted by atomic mass is 9.91. The molecule has 0 fully saturated rings. The second-order valence-corrected chi connectivity index (χ2v) is 10.1. The van der Waals surface area contributed by atoms with Gasteiger partial charge in [0.15, 0.2) is 0 Å². The van der Waals surface area contributed by atoms with E-state index in [1.165, 1.54) is 11.1 Å². The van der Waals surface area contributed by atoms with Crippen molar-refractivity contribution in [3.8, 4) is 33.8 Å². The highest BCUT2D eigenvalue weighted by Gasteiger charge is 2.15. The molecule has 0 saturated heterocycles. The maximum Gasteiger partial charge on any atom is 0.141 e. The highest BCUT2D eigenvalue weighted by Crippen LogP contribution is 2.34. The van der Waals surface area contributed by atoms with E-state index >= 15 is 0 Å². The largest absolute Gasteiger partial charge is 0.508 e. The van der Waals surface area contributed by atoms with Crippen molar-refractivity contribution in [3.05, 3.63) is 107 Å². The fourth-order valence-corrected chi connectivity index (χ4v) is 4.78. The van der Waals surface area contributed by atoms with Crippen molar-refractivity contribution in [1.82, 2.24) is 0 Å². The lowest BCUT2D eigenvalue weighted by molar-refractivity contribution is -0.117. The summed E-state index contributed by atoms with van der Waals surface area (Å²) in [4.78, 5) is 12.9. The molecule has 0 bridgehead atoms. The standard InChI is InChI=1S/C33H34O3/c1-21(2)28-9-5-7-11-30(28)23-13-15-25(32(35)19-23)17-27(34)18-26-16-14-24(20-33(26)36)31-12-8-6-10-29(31)22(3)4/h5-16,19-22,35-36H,17-18H2,1-4H3. The molecule has 0 radical (unpaired) electrons. The van der Waals surface area contributed by atoms with E-state index in [1.807, 2.05) is 48.5 Å². The first-order valence-corrected chi connectivity index (χ1v) is 12.6. The van der Waals surface area contributed by atoms with Gasteiger partial charge in [0, 0.05) is 24.0 Å². The third-order valence-corrected chi connectivity index (χ3v) is 6.73. The van der Waals surface area contributed by atoms with Crippen LogP contribution in [0.4, 0.5) is 0 Å². The first-order valence-electron chi connectivity index (χ1n) is 12.6. The number of ketones is 1. The number of carbonyl (C=O) groups excluding carboxylic acids is 1. The van der Waals surface area contributed by atoms with Gasteiger partial charge < -0.3 is 10.2 Å². The van der Waals surface area contributed by atoms with Crippen LogP contribution in [0, 0.1) is 0 Å². The molecule has 0 aromatic heterocycles. The molecule has 4 aromatic carbocycles. The van der Waals surface area contributed by atoms with Crippen molar-refractivity contribution >= 4 is 5.78 Å². The van der Waals surface area contributed by atoms with Crippen LogP contribution in [-0.4, -0.2) is 16.0 Å². The topological polar surface area (TPSA) is 57.5 Å². The first-order chi connectivity index (χ1) is 17.2. The fourth-order valence-electron chi connectivity index (χ4n) is 4.78. The SMILES string of the molecule is CC(C)c1ccccc1-c1ccc(CC(=O)Cc2ccc(-c3ccccc3C(C)C)cc2O)c(O)c1. The molecule has 2 N–H and O–H groups in total. The lowest BCUT2D eigenvalue weighted by Crippen LogP contribution is -2.07. The van der Waals surface area contributed by atoms with Crippen LogP contribution in [0.15, 0.2) is 84.9 Å². The van der Waals surface area contributed by atoms with Gasteiger partial charge in [-0.05, 0) is 57.3 Å². The van der Waals surface area contributed by atoms with Gasteiger partial charge in [-0.2, -0.15) is 0 Å². The number of benzene rings is 4. The van der Waals surface area contributed by atoms with E-state index < -0.39 is 0 Å². The Hall–Kier alpha value is -3.85. The molecule has 3 heteroatoms. The van der Waals surface area contributed by atoms with Gasteiger partial charge >= 0.3 is 0 Å². The van der Waals surface area contributed by atoms with Gasteiger partial charge in [-0.15, -0.1) is 0 Å². The predicted molar refractivity (Wildman–Crippen MR) is 148 cm³/mol. The summed E-state index contributed by atoms with van der Waals surface area (Å²) in [5.41, 5.74) is 7.66. The molecular weight excluding hydrogens is 444 g/mol. The summed E-state index contributed by atoms with van der Waals surface area (Å²) in [5.74, 6) is 0.893. The Morgan fingerprint density at radius 1 is 0.611 bits per heavy atom. The van der Waals surface area contributed by atoms with Crippen LogP contribution in [-0.2, 0) is 17.6 Å². The van der Waals surface area contributed by atoms with Crippen LogP contribution in [0.2, 0.25) is 0 Å². The molecular formula is C33H34O3. The van der Waals surface area contributed by atoms with E-state index in [9.17, 15) is 15.0 Å². The maximum absolute atomic E-state index is 12.9. The van der Waals surface area contributed by atoms with Gasteiger partial charge in [-0.25, -0.2) is 0 Å². The molecule has 184 valence electrons. The van der Waals surface area contributed by atoms with Crippen molar-refractivity contribution < 1.29 is 15.0 Å². The van der Waals surface area contributed by atoms with Gasteiger partial charge in [-0.1, -0.05) is 100 Å². The Kier molecular flexibility index (Phi) is 7.59. The summed E-state index contributed by atoms with van der Waals surface area (Å²) < 4.78 is 0. The van der Waals surface area contributed by atoms with Crippen LogP contribution in [0.5, 0.6) is 11.5 Å². The quantitative estimate of drug-likeness (QED) is 0.269. The minimum atomic E-state index is -0.0636. The highest BCUT2D eigenvalue weighted by atomic mass is 16.3. The van der Waals surface area contributed by atoms with Crippen LogP contribution in [0.3, 0.4) is 0 Å². The van der Waals surface area contributed by atoms with Crippen LogP contribution < -0.4 is 0 Å². The van der Waals surface area contributed by atoms with E-state index in [4.69, 9.17) is 0 Å². The molecule has 0 aliphatic carbocycles. The van der Waals surface area contributed by atoms with Crippen LogP contribution in [0.1, 0.15) is 61.8 Å². The number of rotatable bonds is 8. The van der Waals surface area contributed by atoms with E-state index in [0.29, 0.717) is 23.0 Å². The highest BCUT2D eigenvalue weighted by molar-refractivity contribution is 5.85. The smallest absolute Gasteiger partial charge is 0.141 e. The minimum absolute atomic E-state index is 0.0636. The van der Waals surface area contributed by atoms with E-state index in [2.05, 4.69) is 52.0 Å². The van der Waals surface area contributed by atoms with Crippen molar-refractivity contribution in [3.63, 3.8) is 0 Å². The lowest BCUT2D eigenvalue weighted by Gasteiger charge is -2.15. The van der Waals surface area contributed by atoms with Crippen LogP contribution in [0.25, 0.3) is 22.3 Å². The molecule has 4 aromatic rings. The molecule has 4 rings (SSSR count). The summed E-state index contributed by atoms with van der Waals surface area (Å²) in [7, 11) is 0. The summed E-state index contributed by atoms with van der Waals surface area (Å²) in [6, 6.07) is 27.4. The second kappa shape index (κ2) is 10.8. The monoisotopic (exact) mass is 478 g/mol. The van der Waals surface area contributed by atoms with Gasteiger partial charge in [-0.3, -0.25) is 4.79 Å². The van der Waals surface area contributed by atoms with Crippen molar-refractivity contribution in [2.45, 2.75) is 52.4 Å². The Morgan fingerprint density at radius 2 is 1.00 bits per heavy atom. The van der Waals surface area contributed by atoms with Gasteiger partial charge in [0.1, 0.15) is 17.3 Å². The summed E-state index contributed by atoms with van der Waals surface area (Å²) in [5, 5.41) is 21.4. The molecule has 0 unspecified atom stereocenters. The Bertz CT molecular complexity index is 1280. The fraction of sp³-hybridized carbons (Fsp3) is 0.242. The predicted octanol–water partition coefficient (Wildman–Crippen LogP) is 8.03. The van der Waals surface area contributed by atoms with Crippen molar-refractivity contribution in [2.24, 2.45) is 0 Å². The van der Waals surface area contributed by atoms with Gasteiger partial charge in [0.25, 0.3) is 0 Å². The Morgan fingerprint density at radius 3 is 1.36 bits per heavy atom. The molecule has 0 amide bonds. The number of phenols is 2. The third kappa shape index (κ3) is 5.52. The Balaban J connectivity index is 1.50. The molecule has 0 aliphatic rings. The maximum atomic E-state index is 12.9. The summed E-state index contributed by atoms with van der Waals surface area (Å²) in [6.45, 7) is 8.60. The van der Waals surface area contributed by atoms with E-state index in [1.54, 1.807) is 12.1 Å². The number of aromatic hydroxyl groups is 2. The zero-order chi connectivity index (χ0) is 25.8. The number of Topliss-reactive ketones (excluding diaryl/α,β-unsaturated/α-hetero) is 1. The molecule has 0 saturated carbocycles. The first kappa shape index (κ1) is 25.2. The van der Waals surface area contributed by atoms with Crippen molar-refractivity contribution in [1.29, 1.82) is 0 Å².